The molecule has 1 fully saturated rings. The Labute approximate surface area is 171 Å². The Hall–Kier alpha value is -2.91. The molecule has 1 saturated heterocycles. The highest BCUT2D eigenvalue weighted by Gasteiger charge is 2.36. The molecule has 1 aliphatic rings. The van der Waals surface area contributed by atoms with Gasteiger partial charge in [0.05, 0.1) is 22.7 Å². The number of pyridine rings is 1. The summed E-state index contributed by atoms with van der Waals surface area (Å²) in [4.78, 5) is 29.5. The molecule has 29 heavy (non-hydrogen) atoms. The molecule has 2 N–H and O–H groups in total. The van der Waals surface area contributed by atoms with Crippen LogP contribution in [-0.2, 0) is 26.2 Å². The fourth-order valence-electron chi connectivity index (χ4n) is 3.58. The number of nitrogens with zero attached hydrogens (tertiary/aromatic N) is 3. The van der Waals surface area contributed by atoms with Crippen molar-refractivity contribution in [2.75, 3.05) is 6.54 Å². The van der Waals surface area contributed by atoms with E-state index in [0.717, 1.165) is 0 Å². The fourth-order valence-corrected chi connectivity index (χ4v) is 5.33. The number of hydrogen-bond donors (Lipinski definition) is 1. The van der Waals surface area contributed by atoms with Gasteiger partial charge in [-0.15, -0.1) is 0 Å². The maximum atomic E-state index is 13.4. The van der Waals surface area contributed by atoms with E-state index in [0.29, 0.717) is 29.6 Å². The first-order valence-corrected chi connectivity index (χ1v) is 10.7. The van der Waals surface area contributed by atoms with Crippen LogP contribution in [0.25, 0.3) is 10.9 Å². The summed E-state index contributed by atoms with van der Waals surface area (Å²) in [5, 5.41) is 0.621. The lowest BCUT2D eigenvalue weighted by molar-refractivity contribution is -0.136. The molecular weight excluding hydrogens is 416 g/mol. The summed E-state index contributed by atoms with van der Waals surface area (Å²) in [6, 6.07) is 11.2. The maximum Gasteiger partial charge on any atom is 0.268 e. The van der Waals surface area contributed by atoms with Crippen LogP contribution in [0.3, 0.4) is 0 Å². The van der Waals surface area contributed by atoms with Gasteiger partial charge in [0, 0.05) is 18.1 Å². The lowest BCUT2D eigenvalue weighted by Crippen LogP contribution is -2.33. The lowest BCUT2D eigenvalue weighted by atomic mass is 10.1. The molecule has 1 aliphatic heterocycles. The van der Waals surface area contributed by atoms with Crippen LogP contribution in [0.5, 0.6) is 0 Å². The third-order valence-electron chi connectivity index (χ3n) is 4.98. The van der Waals surface area contributed by atoms with Gasteiger partial charge < -0.3 is 10.6 Å². The number of carbonyl (C=O) groups is 2. The third-order valence-corrected chi connectivity index (χ3v) is 7.07. The largest absolute Gasteiger partial charge is 0.369 e. The fraction of sp³-hybridized carbons (Fsp3) is 0.211. The van der Waals surface area contributed by atoms with E-state index in [9.17, 15) is 18.0 Å². The first kappa shape index (κ1) is 19.4. The number of amides is 2. The molecular formula is C19H17ClN4O4S. The van der Waals surface area contributed by atoms with Gasteiger partial charge in [0.1, 0.15) is 11.1 Å². The standard InChI is InChI=1S/C19H17ClN4O4S/c20-17-15-10-12(11-23-9-7-14(18(21)25)19(23)26)24(16(15)6-8-22-17)29(27,28)13-4-2-1-3-5-13/h1-6,8,10,14H,7,9,11H2,(H2,21,25)/t14-/m0/s1. The number of likely N-dealkylation sites (tertiary alicyclic amines) is 1. The van der Waals surface area contributed by atoms with Crippen LogP contribution in [0.4, 0.5) is 0 Å². The molecule has 2 amide bonds. The van der Waals surface area contributed by atoms with E-state index in [-0.39, 0.29) is 16.6 Å². The number of fused-ring (bicyclic) bond motifs is 1. The van der Waals surface area contributed by atoms with E-state index in [1.165, 1.54) is 27.2 Å². The van der Waals surface area contributed by atoms with Crippen LogP contribution >= 0.6 is 11.6 Å². The molecule has 3 aromatic rings. The SMILES string of the molecule is NC(=O)[C@@H]1CCN(Cc2cc3c(Cl)nccc3n2S(=O)(=O)c2ccccc2)C1=O. The molecule has 3 heterocycles. The summed E-state index contributed by atoms with van der Waals surface area (Å²) < 4.78 is 28.0. The van der Waals surface area contributed by atoms with Crippen LogP contribution in [0, 0.1) is 5.92 Å². The van der Waals surface area contributed by atoms with Gasteiger partial charge in [0.2, 0.25) is 11.8 Å². The molecule has 0 radical (unpaired) electrons. The summed E-state index contributed by atoms with van der Waals surface area (Å²) in [7, 11) is -3.96. The Kier molecular flexibility index (Phi) is 4.79. The summed E-state index contributed by atoms with van der Waals surface area (Å²) >= 11 is 6.19. The third kappa shape index (κ3) is 3.26. The molecule has 8 nitrogen and oxygen atoms in total. The number of primary amides is 1. The Morgan fingerprint density at radius 1 is 1.24 bits per heavy atom. The first-order chi connectivity index (χ1) is 13.8. The zero-order valence-electron chi connectivity index (χ0n) is 15.2. The zero-order chi connectivity index (χ0) is 20.8. The zero-order valence-corrected chi connectivity index (χ0v) is 16.7. The van der Waals surface area contributed by atoms with Crippen molar-refractivity contribution in [3.05, 3.63) is 59.5 Å². The van der Waals surface area contributed by atoms with E-state index < -0.39 is 27.8 Å². The minimum absolute atomic E-state index is 0.000312. The minimum Gasteiger partial charge on any atom is -0.369 e. The van der Waals surface area contributed by atoms with E-state index >= 15 is 0 Å². The second kappa shape index (κ2) is 7.16. The summed E-state index contributed by atoms with van der Waals surface area (Å²) in [5.74, 6) is -1.97. The number of aromatic nitrogens is 2. The van der Waals surface area contributed by atoms with Crippen molar-refractivity contribution in [1.29, 1.82) is 0 Å². The number of rotatable bonds is 5. The summed E-state index contributed by atoms with van der Waals surface area (Å²) in [5.41, 5.74) is 5.99. The minimum atomic E-state index is -3.96. The second-order valence-electron chi connectivity index (χ2n) is 6.76. The van der Waals surface area contributed by atoms with Crippen molar-refractivity contribution in [2.24, 2.45) is 11.7 Å². The summed E-state index contributed by atoms with van der Waals surface area (Å²) in [6.07, 6.45) is 1.73. The van der Waals surface area contributed by atoms with Crippen molar-refractivity contribution >= 4 is 44.3 Å². The number of halogens is 1. The van der Waals surface area contributed by atoms with Crippen LogP contribution in [-0.4, -0.2) is 40.6 Å². The lowest BCUT2D eigenvalue weighted by Gasteiger charge is -2.18. The van der Waals surface area contributed by atoms with E-state index in [4.69, 9.17) is 17.3 Å². The van der Waals surface area contributed by atoms with Gasteiger partial charge in [-0.05, 0) is 30.7 Å². The molecule has 10 heteroatoms. The molecule has 150 valence electrons. The molecule has 0 spiro atoms. The molecule has 2 aromatic heterocycles. The molecule has 0 unspecified atom stereocenters. The van der Waals surface area contributed by atoms with Gasteiger partial charge in [0.25, 0.3) is 10.0 Å². The number of hydrogen-bond acceptors (Lipinski definition) is 5. The van der Waals surface area contributed by atoms with Crippen molar-refractivity contribution in [3.8, 4) is 0 Å². The van der Waals surface area contributed by atoms with Crippen molar-refractivity contribution in [1.82, 2.24) is 13.9 Å². The molecule has 4 rings (SSSR count). The first-order valence-electron chi connectivity index (χ1n) is 8.84. The van der Waals surface area contributed by atoms with Gasteiger partial charge in [-0.3, -0.25) is 9.59 Å². The van der Waals surface area contributed by atoms with Gasteiger partial charge in [-0.2, -0.15) is 0 Å². The predicted molar refractivity (Wildman–Crippen MR) is 106 cm³/mol. The van der Waals surface area contributed by atoms with Crippen LogP contribution < -0.4 is 5.73 Å². The Morgan fingerprint density at radius 3 is 2.62 bits per heavy atom. The molecule has 1 aromatic carbocycles. The predicted octanol–water partition coefficient (Wildman–Crippen LogP) is 1.76. The number of benzene rings is 1. The maximum absolute atomic E-state index is 13.4. The average Bonchev–Trinajstić information content (AvgIpc) is 3.25. The highest BCUT2D eigenvalue weighted by molar-refractivity contribution is 7.90. The van der Waals surface area contributed by atoms with E-state index in [1.54, 1.807) is 30.3 Å². The van der Waals surface area contributed by atoms with Gasteiger partial charge in [0.15, 0.2) is 0 Å². The van der Waals surface area contributed by atoms with Gasteiger partial charge in [-0.1, -0.05) is 29.8 Å². The topological polar surface area (TPSA) is 115 Å². The molecule has 0 saturated carbocycles. The van der Waals surface area contributed by atoms with Crippen molar-refractivity contribution in [3.63, 3.8) is 0 Å². The van der Waals surface area contributed by atoms with Crippen LogP contribution in [0.2, 0.25) is 5.15 Å². The monoisotopic (exact) mass is 432 g/mol. The van der Waals surface area contributed by atoms with Crippen molar-refractivity contribution in [2.45, 2.75) is 17.9 Å². The van der Waals surface area contributed by atoms with E-state index in [2.05, 4.69) is 4.98 Å². The number of carbonyl (C=O) groups excluding carboxylic acids is 2. The average molecular weight is 433 g/mol. The van der Waals surface area contributed by atoms with Crippen molar-refractivity contribution < 1.29 is 18.0 Å². The highest BCUT2D eigenvalue weighted by Crippen LogP contribution is 2.31. The quantitative estimate of drug-likeness (QED) is 0.487. The Morgan fingerprint density at radius 2 is 1.97 bits per heavy atom. The summed E-state index contributed by atoms with van der Waals surface area (Å²) in [6.45, 7) is 0.311. The van der Waals surface area contributed by atoms with Gasteiger partial charge >= 0.3 is 0 Å². The molecule has 0 bridgehead atoms. The van der Waals surface area contributed by atoms with Crippen LogP contribution in [0.15, 0.2) is 53.6 Å². The Balaban J connectivity index is 1.85. The van der Waals surface area contributed by atoms with E-state index in [1.807, 2.05) is 0 Å². The second-order valence-corrected chi connectivity index (χ2v) is 8.90. The molecule has 0 aliphatic carbocycles. The van der Waals surface area contributed by atoms with Gasteiger partial charge in [-0.25, -0.2) is 17.4 Å². The Bertz CT molecular complexity index is 1220. The van der Waals surface area contributed by atoms with Crippen LogP contribution in [0.1, 0.15) is 12.1 Å². The normalized spacial score (nSPS) is 17.2. The highest BCUT2D eigenvalue weighted by atomic mass is 35.5. The smallest absolute Gasteiger partial charge is 0.268 e. The molecule has 1 atom stereocenters. The number of nitrogens with two attached hydrogens (primary N) is 1.